The maximum absolute atomic E-state index is 2.47. The smallest absolute Gasteiger partial charge is 0.0555 e. The molecule has 0 amide bonds. The lowest BCUT2D eigenvalue weighted by molar-refractivity contribution is 1.18. The first-order valence-electron chi connectivity index (χ1n) is 20.8. The molecular formula is C58H38N2S. The van der Waals surface area contributed by atoms with Gasteiger partial charge in [-0.3, -0.25) is 0 Å². The molecule has 0 radical (unpaired) electrons. The van der Waals surface area contributed by atoms with Gasteiger partial charge in [-0.15, -0.1) is 11.3 Å². The van der Waals surface area contributed by atoms with Gasteiger partial charge in [0.2, 0.25) is 0 Å². The topological polar surface area (TPSA) is 8.17 Å². The molecule has 286 valence electrons. The van der Waals surface area contributed by atoms with Crippen LogP contribution in [0.15, 0.2) is 231 Å². The van der Waals surface area contributed by atoms with E-state index in [1.54, 1.807) is 0 Å². The van der Waals surface area contributed by atoms with E-state index in [2.05, 4.69) is 240 Å². The summed E-state index contributed by atoms with van der Waals surface area (Å²) >= 11 is 1.88. The van der Waals surface area contributed by atoms with Crippen LogP contribution in [0.25, 0.3) is 91.8 Å². The van der Waals surface area contributed by atoms with Crippen LogP contribution in [0.1, 0.15) is 0 Å². The van der Waals surface area contributed by atoms with E-state index in [4.69, 9.17) is 0 Å². The Kier molecular flexibility index (Phi) is 8.39. The molecule has 2 aromatic heterocycles. The lowest BCUT2D eigenvalue weighted by Crippen LogP contribution is -2.10. The molecule has 0 spiro atoms. The van der Waals surface area contributed by atoms with Crippen molar-refractivity contribution < 1.29 is 0 Å². The van der Waals surface area contributed by atoms with Crippen molar-refractivity contribution in [1.29, 1.82) is 0 Å². The summed E-state index contributed by atoms with van der Waals surface area (Å²) in [5.74, 6) is 0. The summed E-state index contributed by atoms with van der Waals surface area (Å²) in [6, 6.07) is 84.2. The number of anilines is 3. The van der Waals surface area contributed by atoms with Crippen molar-refractivity contribution in [2.75, 3.05) is 4.90 Å². The molecule has 0 saturated heterocycles. The van der Waals surface area contributed by atoms with Crippen molar-refractivity contribution in [3.05, 3.63) is 231 Å². The van der Waals surface area contributed by atoms with E-state index in [0.717, 1.165) is 22.7 Å². The van der Waals surface area contributed by atoms with E-state index in [-0.39, 0.29) is 0 Å². The summed E-state index contributed by atoms with van der Waals surface area (Å²) in [5, 5.41) is 7.52. The van der Waals surface area contributed by atoms with Gasteiger partial charge in [0, 0.05) is 48.0 Å². The van der Waals surface area contributed by atoms with Crippen LogP contribution < -0.4 is 4.90 Å². The van der Waals surface area contributed by atoms with E-state index in [1.165, 1.54) is 86.1 Å². The first kappa shape index (κ1) is 35.2. The number of hydrogen-bond donors (Lipinski definition) is 0. The van der Waals surface area contributed by atoms with Gasteiger partial charge in [0.25, 0.3) is 0 Å². The number of hydrogen-bond acceptors (Lipinski definition) is 2. The van der Waals surface area contributed by atoms with Gasteiger partial charge >= 0.3 is 0 Å². The van der Waals surface area contributed by atoms with Gasteiger partial charge in [0.1, 0.15) is 0 Å². The van der Waals surface area contributed by atoms with E-state index in [9.17, 15) is 0 Å². The second-order valence-electron chi connectivity index (χ2n) is 15.7. The summed E-state index contributed by atoms with van der Waals surface area (Å²) in [6.45, 7) is 0. The van der Waals surface area contributed by atoms with Crippen LogP contribution in [0.5, 0.6) is 0 Å². The van der Waals surface area contributed by atoms with Crippen LogP contribution in [-0.2, 0) is 0 Å². The zero-order valence-corrected chi connectivity index (χ0v) is 34.1. The van der Waals surface area contributed by atoms with Crippen molar-refractivity contribution in [2.45, 2.75) is 0 Å². The number of para-hydroxylation sites is 2. The van der Waals surface area contributed by atoms with E-state index >= 15 is 0 Å². The van der Waals surface area contributed by atoms with E-state index < -0.39 is 0 Å². The first-order chi connectivity index (χ1) is 30.3. The minimum absolute atomic E-state index is 1.10. The fourth-order valence-corrected chi connectivity index (χ4v) is 10.6. The van der Waals surface area contributed by atoms with Gasteiger partial charge in [-0.05, 0) is 111 Å². The molecule has 10 aromatic carbocycles. The summed E-state index contributed by atoms with van der Waals surface area (Å²) in [7, 11) is 0. The highest BCUT2D eigenvalue weighted by Crippen LogP contribution is 2.49. The second-order valence-corrected chi connectivity index (χ2v) is 16.7. The maximum Gasteiger partial charge on any atom is 0.0555 e. The lowest BCUT2D eigenvalue weighted by atomic mass is 9.97. The predicted octanol–water partition coefficient (Wildman–Crippen LogP) is 16.8. The number of thiophene rings is 1. The highest BCUT2D eigenvalue weighted by Gasteiger charge is 2.22. The molecule has 0 bridgehead atoms. The third kappa shape index (κ3) is 5.93. The monoisotopic (exact) mass is 794 g/mol. The van der Waals surface area contributed by atoms with Crippen LogP contribution in [0.2, 0.25) is 0 Å². The Hall–Kier alpha value is -7.72. The molecule has 12 aromatic rings. The summed E-state index contributed by atoms with van der Waals surface area (Å²) in [6.07, 6.45) is 0. The Bertz CT molecular complexity index is 3580. The van der Waals surface area contributed by atoms with Crippen molar-refractivity contribution >= 4 is 81.1 Å². The molecule has 0 saturated carbocycles. The molecule has 0 unspecified atom stereocenters. The molecule has 0 N–H and O–H groups in total. The molecule has 2 heterocycles. The molecule has 3 heteroatoms. The van der Waals surface area contributed by atoms with Crippen molar-refractivity contribution in [2.24, 2.45) is 0 Å². The first-order valence-corrected chi connectivity index (χ1v) is 21.7. The zero-order valence-electron chi connectivity index (χ0n) is 33.2. The lowest BCUT2D eigenvalue weighted by Gasteiger charge is -2.28. The van der Waals surface area contributed by atoms with Crippen LogP contribution in [0.3, 0.4) is 0 Å². The molecule has 0 fully saturated rings. The van der Waals surface area contributed by atoms with Gasteiger partial charge in [-0.25, -0.2) is 0 Å². The second kappa shape index (κ2) is 14.5. The average Bonchev–Trinajstić information content (AvgIpc) is 3.89. The molecule has 0 aliphatic carbocycles. The number of fused-ring (bicyclic) bond motifs is 7. The molecule has 0 aliphatic heterocycles. The fraction of sp³-hybridized carbons (Fsp3) is 0. The third-order valence-electron chi connectivity index (χ3n) is 12.2. The Labute approximate surface area is 358 Å². The van der Waals surface area contributed by atoms with Gasteiger partial charge in [0.05, 0.1) is 16.7 Å². The zero-order chi connectivity index (χ0) is 40.3. The van der Waals surface area contributed by atoms with Gasteiger partial charge in [-0.2, -0.15) is 0 Å². The normalized spacial score (nSPS) is 11.6. The third-order valence-corrected chi connectivity index (χ3v) is 13.4. The number of rotatable bonds is 7. The predicted molar refractivity (Wildman–Crippen MR) is 262 cm³/mol. The Morgan fingerprint density at radius 1 is 0.361 bits per heavy atom. The van der Waals surface area contributed by atoms with E-state index in [0.29, 0.717) is 0 Å². The largest absolute Gasteiger partial charge is 0.310 e. The average molecular weight is 795 g/mol. The SMILES string of the molecule is c1ccc(-c2ccc(N(c3ccc(-c4ccc5ccccc5c4)cc3)c3cccc(-c4cccc5c4c4ccccc4n5-c4ccccc4)c3)c3c2sc2ccccc23)cc1. The Morgan fingerprint density at radius 3 is 1.89 bits per heavy atom. The van der Waals surface area contributed by atoms with Crippen LogP contribution in [0.4, 0.5) is 17.1 Å². The van der Waals surface area contributed by atoms with Gasteiger partial charge in [0.15, 0.2) is 0 Å². The van der Waals surface area contributed by atoms with Crippen molar-refractivity contribution in [1.82, 2.24) is 4.57 Å². The Balaban J connectivity index is 1.08. The fourth-order valence-electron chi connectivity index (χ4n) is 9.37. The van der Waals surface area contributed by atoms with Gasteiger partial charge in [-0.1, -0.05) is 164 Å². The maximum atomic E-state index is 2.47. The summed E-state index contributed by atoms with van der Waals surface area (Å²) in [5.41, 5.74) is 14.2. The molecule has 0 atom stereocenters. The van der Waals surface area contributed by atoms with Crippen LogP contribution in [0, 0.1) is 0 Å². The molecule has 12 rings (SSSR count). The van der Waals surface area contributed by atoms with Crippen molar-refractivity contribution in [3.8, 4) is 39.1 Å². The highest BCUT2D eigenvalue weighted by molar-refractivity contribution is 7.26. The minimum Gasteiger partial charge on any atom is -0.310 e. The minimum atomic E-state index is 1.10. The Morgan fingerprint density at radius 2 is 1.03 bits per heavy atom. The highest BCUT2D eigenvalue weighted by atomic mass is 32.1. The van der Waals surface area contributed by atoms with E-state index in [1.807, 2.05) is 11.3 Å². The molecule has 61 heavy (non-hydrogen) atoms. The van der Waals surface area contributed by atoms with Crippen LogP contribution >= 0.6 is 11.3 Å². The van der Waals surface area contributed by atoms with Crippen molar-refractivity contribution in [3.63, 3.8) is 0 Å². The number of aromatic nitrogens is 1. The molecular weight excluding hydrogens is 757 g/mol. The molecule has 2 nitrogen and oxygen atoms in total. The summed E-state index contributed by atoms with van der Waals surface area (Å²) in [4.78, 5) is 2.47. The molecule has 0 aliphatic rings. The van der Waals surface area contributed by atoms with Gasteiger partial charge < -0.3 is 9.47 Å². The number of benzene rings is 10. The summed E-state index contributed by atoms with van der Waals surface area (Å²) < 4.78 is 4.97. The van der Waals surface area contributed by atoms with Crippen LogP contribution in [-0.4, -0.2) is 4.57 Å². The standard InChI is InChI=1S/C58H38N2S/c1-3-16-41(17-4-1)49-35-36-54(57-51-24-10-12-28-55(51)61-58(49)57)59(46-33-31-40(32-34-46)43-30-29-39-15-7-8-18-42(39)37-43)47-22-13-19-44(38-47)48-25-14-27-53-56(48)50-23-9-11-26-52(50)60(53)45-20-5-2-6-21-45/h1-38H. The quantitative estimate of drug-likeness (QED) is 0.156. The number of nitrogens with zero attached hydrogens (tertiary/aromatic N) is 2.